The van der Waals surface area contributed by atoms with E-state index in [4.69, 9.17) is 14.2 Å². The predicted octanol–water partition coefficient (Wildman–Crippen LogP) is 0.427. The van der Waals surface area contributed by atoms with E-state index < -0.39 is 30.7 Å². The fraction of sp³-hybridized carbons (Fsp3) is 1.00. The normalized spacial score (nSPS) is 34.4. The maximum atomic E-state index is 10.3. The average molecular weight is 292 g/mol. The van der Waals surface area contributed by atoms with Crippen LogP contribution in [-0.2, 0) is 14.2 Å². The standard InChI is InChI=1S/C14H28O6/c1-3-5-7-18-12-10(9-15)20-14(17)13(11(12)16)19-8-6-4-2/h10-17H,3-9H2,1-2H3. The highest BCUT2D eigenvalue weighted by atomic mass is 16.7. The first-order chi connectivity index (χ1) is 9.65. The Labute approximate surface area is 120 Å². The summed E-state index contributed by atoms with van der Waals surface area (Å²) < 4.78 is 16.4. The zero-order valence-corrected chi connectivity index (χ0v) is 12.4. The molecule has 0 aromatic heterocycles. The molecule has 120 valence electrons. The molecule has 0 aromatic rings. The van der Waals surface area contributed by atoms with Gasteiger partial charge in [0.2, 0.25) is 0 Å². The van der Waals surface area contributed by atoms with E-state index in [-0.39, 0.29) is 6.61 Å². The van der Waals surface area contributed by atoms with E-state index in [1.54, 1.807) is 0 Å². The van der Waals surface area contributed by atoms with Crippen molar-refractivity contribution in [1.29, 1.82) is 0 Å². The second kappa shape index (κ2) is 9.65. The van der Waals surface area contributed by atoms with Crippen LogP contribution in [0.1, 0.15) is 39.5 Å². The molecule has 3 N–H and O–H groups in total. The van der Waals surface area contributed by atoms with Crippen LogP contribution < -0.4 is 0 Å². The van der Waals surface area contributed by atoms with Crippen molar-refractivity contribution in [2.24, 2.45) is 0 Å². The smallest absolute Gasteiger partial charge is 0.184 e. The van der Waals surface area contributed by atoms with Crippen molar-refractivity contribution in [1.82, 2.24) is 0 Å². The maximum Gasteiger partial charge on any atom is 0.184 e. The maximum absolute atomic E-state index is 10.3. The number of hydrogen-bond donors (Lipinski definition) is 3. The van der Waals surface area contributed by atoms with Gasteiger partial charge in [-0.3, -0.25) is 0 Å². The van der Waals surface area contributed by atoms with Gasteiger partial charge in [-0.2, -0.15) is 0 Å². The number of aliphatic hydroxyl groups excluding tert-OH is 3. The van der Waals surface area contributed by atoms with Crippen LogP contribution in [0.25, 0.3) is 0 Å². The molecule has 5 unspecified atom stereocenters. The van der Waals surface area contributed by atoms with Crippen molar-refractivity contribution < 1.29 is 29.5 Å². The third-order valence-corrected chi connectivity index (χ3v) is 3.43. The Morgan fingerprint density at radius 1 is 0.950 bits per heavy atom. The third kappa shape index (κ3) is 4.95. The summed E-state index contributed by atoms with van der Waals surface area (Å²) in [7, 11) is 0. The van der Waals surface area contributed by atoms with Gasteiger partial charge in [-0.15, -0.1) is 0 Å². The van der Waals surface area contributed by atoms with Gasteiger partial charge in [-0.05, 0) is 12.8 Å². The Hall–Kier alpha value is -0.240. The van der Waals surface area contributed by atoms with E-state index in [9.17, 15) is 15.3 Å². The fourth-order valence-electron chi connectivity index (χ4n) is 2.17. The van der Waals surface area contributed by atoms with Crippen LogP contribution in [0.3, 0.4) is 0 Å². The van der Waals surface area contributed by atoms with Crippen LogP contribution in [0, 0.1) is 0 Å². The summed E-state index contributed by atoms with van der Waals surface area (Å²) >= 11 is 0. The highest BCUT2D eigenvalue weighted by molar-refractivity contribution is 4.90. The van der Waals surface area contributed by atoms with Crippen LogP contribution in [0.5, 0.6) is 0 Å². The minimum Gasteiger partial charge on any atom is -0.394 e. The zero-order valence-electron chi connectivity index (χ0n) is 12.4. The van der Waals surface area contributed by atoms with Gasteiger partial charge in [-0.1, -0.05) is 26.7 Å². The van der Waals surface area contributed by atoms with Crippen molar-refractivity contribution in [3.05, 3.63) is 0 Å². The molecule has 0 spiro atoms. The van der Waals surface area contributed by atoms with Gasteiger partial charge in [-0.25, -0.2) is 0 Å². The summed E-state index contributed by atoms with van der Waals surface area (Å²) in [4.78, 5) is 0. The van der Waals surface area contributed by atoms with Gasteiger partial charge in [0.05, 0.1) is 6.61 Å². The Morgan fingerprint density at radius 2 is 1.50 bits per heavy atom. The zero-order chi connectivity index (χ0) is 15.0. The van der Waals surface area contributed by atoms with E-state index in [2.05, 4.69) is 0 Å². The molecule has 0 aliphatic carbocycles. The summed E-state index contributed by atoms with van der Waals surface area (Å²) in [6, 6.07) is 0. The largest absolute Gasteiger partial charge is 0.394 e. The minimum absolute atomic E-state index is 0.313. The molecule has 6 nitrogen and oxygen atoms in total. The van der Waals surface area contributed by atoms with Crippen molar-refractivity contribution in [3.8, 4) is 0 Å². The lowest BCUT2D eigenvalue weighted by Crippen LogP contribution is -2.60. The molecule has 0 saturated carbocycles. The van der Waals surface area contributed by atoms with Crippen molar-refractivity contribution in [2.75, 3.05) is 19.8 Å². The number of unbranched alkanes of at least 4 members (excludes halogenated alkanes) is 2. The topological polar surface area (TPSA) is 88.4 Å². The third-order valence-electron chi connectivity index (χ3n) is 3.43. The van der Waals surface area contributed by atoms with Gasteiger partial charge >= 0.3 is 0 Å². The lowest BCUT2D eigenvalue weighted by molar-refractivity contribution is -0.303. The number of ether oxygens (including phenoxy) is 3. The SMILES string of the molecule is CCCCOC1C(O)OC(CO)C(OCCCC)C1O. The monoisotopic (exact) mass is 292 g/mol. The minimum atomic E-state index is -1.25. The van der Waals surface area contributed by atoms with Crippen LogP contribution in [-0.4, -0.2) is 65.8 Å². The molecule has 0 bridgehead atoms. The Bertz CT molecular complexity index is 250. The second-order valence-corrected chi connectivity index (χ2v) is 5.12. The van der Waals surface area contributed by atoms with E-state index >= 15 is 0 Å². The molecular formula is C14H28O6. The molecule has 0 radical (unpaired) electrons. The summed E-state index contributed by atoms with van der Waals surface area (Å²) in [5.41, 5.74) is 0. The number of hydrogen-bond acceptors (Lipinski definition) is 6. The summed E-state index contributed by atoms with van der Waals surface area (Å²) in [6.07, 6.45) is -0.844. The first kappa shape index (κ1) is 17.8. The molecule has 20 heavy (non-hydrogen) atoms. The average Bonchev–Trinajstić information content (AvgIpc) is 2.44. The predicted molar refractivity (Wildman–Crippen MR) is 73.3 cm³/mol. The first-order valence-corrected chi connectivity index (χ1v) is 7.51. The Kier molecular flexibility index (Phi) is 8.60. The molecule has 1 rings (SSSR count). The number of rotatable bonds is 9. The summed E-state index contributed by atoms with van der Waals surface area (Å²) in [5, 5.41) is 29.4. The summed E-state index contributed by atoms with van der Waals surface area (Å²) in [5.74, 6) is 0. The lowest BCUT2D eigenvalue weighted by atomic mass is 9.98. The quantitative estimate of drug-likeness (QED) is 0.534. The Balaban J connectivity index is 2.58. The second-order valence-electron chi connectivity index (χ2n) is 5.12. The molecular weight excluding hydrogens is 264 g/mol. The van der Waals surface area contributed by atoms with Gasteiger partial charge in [0.25, 0.3) is 0 Å². The molecule has 5 atom stereocenters. The molecule has 1 aliphatic rings. The van der Waals surface area contributed by atoms with Gasteiger partial charge in [0.15, 0.2) is 6.29 Å². The summed E-state index contributed by atoms with van der Waals surface area (Å²) in [6.45, 7) is 4.69. The van der Waals surface area contributed by atoms with Crippen molar-refractivity contribution >= 4 is 0 Å². The molecule has 0 aromatic carbocycles. The van der Waals surface area contributed by atoms with Crippen LogP contribution in [0.15, 0.2) is 0 Å². The van der Waals surface area contributed by atoms with Crippen LogP contribution >= 0.6 is 0 Å². The van der Waals surface area contributed by atoms with E-state index in [1.807, 2.05) is 13.8 Å². The highest BCUT2D eigenvalue weighted by Gasteiger charge is 2.45. The van der Waals surface area contributed by atoms with Crippen LogP contribution in [0.4, 0.5) is 0 Å². The van der Waals surface area contributed by atoms with Crippen molar-refractivity contribution in [2.45, 2.75) is 70.2 Å². The number of aliphatic hydroxyl groups is 3. The molecule has 1 saturated heterocycles. The molecule has 1 aliphatic heterocycles. The van der Waals surface area contributed by atoms with E-state index in [1.165, 1.54) is 0 Å². The molecule has 6 heteroatoms. The van der Waals surface area contributed by atoms with E-state index in [0.29, 0.717) is 13.2 Å². The van der Waals surface area contributed by atoms with Gasteiger partial charge < -0.3 is 29.5 Å². The van der Waals surface area contributed by atoms with Gasteiger partial charge in [0.1, 0.15) is 24.4 Å². The lowest BCUT2D eigenvalue weighted by Gasteiger charge is -2.42. The van der Waals surface area contributed by atoms with E-state index in [0.717, 1.165) is 25.7 Å². The Morgan fingerprint density at radius 3 is 2.00 bits per heavy atom. The molecule has 0 amide bonds. The molecule has 1 heterocycles. The highest BCUT2D eigenvalue weighted by Crippen LogP contribution is 2.25. The van der Waals surface area contributed by atoms with Crippen molar-refractivity contribution in [3.63, 3.8) is 0 Å². The fourth-order valence-corrected chi connectivity index (χ4v) is 2.17. The van der Waals surface area contributed by atoms with Crippen LogP contribution in [0.2, 0.25) is 0 Å². The first-order valence-electron chi connectivity index (χ1n) is 7.51. The molecule has 1 fully saturated rings. The van der Waals surface area contributed by atoms with Gasteiger partial charge in [0, 0.05) is 13.2 Å².